The third kappa shape index (κ3) is 4.10. The second-order valence-corrected chi connectivity index (χ2v) is 7.21. The third-order valence-corrected chi connectivity index (χ3v) is 5.08. The van der Waals surface area contributed by atoms with Crippen LogP contribution in [-0.4, -0.2) is 8.42 Å². The van der Waals surface area contributed by atoms with Gasteiger partial charge in [-0.2, -0.15) is 13.2 Å². The van der Waals surface area contributed by atoms with Crippen LogP contribution in [-0.2, 0) is 16.2 Å². The maximum absolute atomic E-state index is 12.6. The Hall–Kier alpha value is -1.44. The highest BCUT2D eigenvalue weighted by molar-refractivity contribution is 7.92. The normalized spacial score (nSPS) is 12.3. The van der Waals surface area contributed by atoms with Crippen LogP contribution < -0.4 is 4.72 Å². The number of hydrogen-bond acceptors (Lipinski definition) is 2. The van der Waals surface area contributed by atoms with Crippen molar-refractivity contribution < 1.29 is 21.6 Å². The summed E-state index contributed by atoms with van der Waals surface area (Å²) in [4.78, 5) is -0.121. The molecule has 0 radical (unpaired) electrons. The minimum Gasteiger partial charge on any atom is -0.278 e. The Kier molecular flexibility index (Phi) is 4.84. The molecule has 0 aliphatic heterocycles. The maximum atomic E-state index is 12.6. The van der Waals surface area contributed by atoms with E-state index in [4.69, 9.17) is 23.2 Å². The van der Waals surface area contributed by atoms with E-state index in [0.29, 0.717) is 11.6 Å². The van der Waals surface area contributed by atoms with E-state index in [-0.39, 0.29) is 20.6 Å². The number of halogens is 5. The van der Waals surface area contributed by atoms with Gasteiger partial charge in [0.05, 0.1) is 21.2 Å². The van der Waals surface area contributed by atoms with Crippen LogP contribution >= 0.6 is 23.2 Å². The fraction of sp³-hybridized carbons (Fsp3) is 0.143. The Balaban J connectivity index is 2.36. The first kappa shape index (κ1) is 17.9. The molecule has 0 amide bonds. The number of aryl methyl sites for hydroxylation is 1. The van der Waals surface area contributed by atoms with Crippen molar-refractivity contribution in [1.29, 1.82) is 0 Å². The van der Waals surface area contributed by atoms with Gasteiger partial charge >= 0.3 is 6.18 Å². The summed E-state index contributed by atoms with van der Waals surface area (Å²) in [6.45, 7) is 1.71. The molecule has 0 spiro atoms. The highest BCUT2D eigenvalue weighted by Gasteiger charge is 2.31. The van der Waals surface area contributed by atoms with Crippen LogP contribution in [0.4, 0.5) is 18.9 Å². The summed E-state index contributed by atoms with van der Waals surface area (Å²) in [7, 11) is -4.02. The molecule has 0 unspecified atom stereocenters. The van der Waals surface area contributed by atoms with E-state index in [2.05, 4.69) is 4.72 Å². The quantitative estimate of drug-likeness (QED) is 0.799. The van der Waals surface area contributed by atoms with Gasteiger partial charge in [-0.25, -0.2) is 8.42 Å². The predicted octanol–water partition coefficient (Wildman–Crippen LogP) is 5.12. The first-order valence-electron chi connectivity index (χ1n) is 6.16. The van der Waals surface area contributed by atoms with Crippen molar-refractivity contribution >= 4 is 38.9 Å². The first-order chi connectivity index (χ1) is 10.5. The number of benzene rings is 2. The molecule has 2 aromatic rings. The van der Waals surface area contributed by atoms with Crippen LogP contribution in [0.15, 0.2) is 41.3 Å². The Morgan fingerprint density at radius 1 is 1.00 bits per heavy atom. The molecule has 0 saturated heterocycles. The van der Waals surface area contributed by atoms with Gasteiger partial charge in [0, 0.05) is 5.02 Å². The largest absolute Gasteiger partial charge is 0.416 e. The zero-order valence-corrected chi connectivity index (χ0v) is 13.9. The Bertz CT molecular complexity index is 852. The average molecular weight is 384 g/mol. The molecule has 0 saturated carbocycles. The Morgan fingerprint density at radius 3 is 2.17 bits per heavy atom. The van der Waals surface area contributed by atoms with Gasteiger partial charge < -0.3 is 0 Å². The molecular formula is C14H10Cl2F3NO2S. The summed E-state index contributed by atoms with van der Waals surface area (Å²) in [6, 6.07) is 6.45. The molecule has 23 heavy (non-hydrogen) atoms. The lowest BCUT2D eigenvalue weighted by Crippen LogP contribution is -2.14. The van der Waals surface area contributed by atoms with E-state index < -0.39 is 21.8 Å². The first-order valence-corrected chi connectivity index (χ1v) is 8.40. The topological polar surface area (TPSA) is 46.2 Å². The van der Waals surface area contributed by atoms with Crippen molar-refractivity contribution in [2.24, 2.45) is 0 Å². The number of nitrogens with one attached hydrogen (secondary N) is 1. The molecule has 0 fully saturated rings. The number of rotatable bonds is 3. The van der Waals surface area contributed by atoms with Crippen LogP contribution in [0, 0.1) is 6.92 Å². The number of alkyl halides is 3. The molecule has 0 heterocycles. The molecule has 2 aromatic carbocycles. The second kappa shape index (κ2) is 6.22. The molecule has 0 aliphatic rings. The SMILES string of the molecule is Cc1ccc(S(=O)(=O)Nc2ccc(C(F)(F)F)cc2Cl)cc1Cl. The molecule has 0 bridgehead atoms. The lowest BCUT2D eigenvalue weighted by atomic mass is 10.2. The summed E-state index contributed by atoms with van der Waals surface area (Å²) in [5.41, 5.74) is -0.432. The van der Waals surface area contributed by atoms with Crippen LogP contribution in [0.1, 0.15) is 11.1 Å². The van der Waals surface area contributed by atoms with Crippen molar-refractivity contribution in [1.82, 2.24) is 0 Å². The third-order valence-electron chi connectivity index (χ3n) is 2.99. The molecule has 0 aliphatic carbocycles. The lowest BCUT2D eigenvalue weighted by Gasteiger charge is -2.12. The lowest BCUT2D eigenvalue weighted by molar-refractivity contribution is -0.137. The van der Waals surface area contributed by atoms with Crippen molar-refractivity contribution in [3.8, 4) is 0 Å². The van der Waals surface area contributed by atoms with Crippen LogP contribution in [0.3, 0.4) is 0 Å². The van der Waals surface area contributed by atoms with Gasteiger partial charge in [-0.15, -0.1) is 0 Å². The van der Waals surface area contributed by atoms with Gasteiger partial charge in [0.2, 0.25) is 0 Å². The van der Waals surface area contributed by atoms with Crippen molar-refractivity contribution in [2.75, 3.05) is 4.72 Å². The zero-order chi connectivity index (χ0) is 17.4. The summed E-state index contributed by atoms with van der Waals surface area (Å²) >= 11 is 11.6. The van der Waals surface area contributed by atoms with E-state index in [9.17, 15) is 21.6 Å². The highest BCUT2D eigenvalue weighted by Crippen LogP contribution is 2.34. The average Bonchev–Trinajstić information content (AvgIpc) is 2.42. The summed E-state index contributed by atoms with van der Waals surface area (Å²) < 4.78 is 64.4. The van der Waals surface area contributed by atoms with Crippen molar-refractivity contribution in [3.05, 3.63) is 57.6 Å². The predicted molar refractivity (Wildman–Crippen MR) is 83.5 cm³/mol. The Labute approximate surface area is 141 Å². The molecule has 9 heteroatoms. The molecule has 124 valence electrons. The van der Waals surface area contributed by atoms with Crippen LogP contribution in [0.5, 0.6) is 0 Å². The molecular weight excluding hydrogens is 374 g/mol. The van der Waals surface area contributed by atoms with Gasteiger partial charge in [0.1, 0.15) is 0 Å². The van der Waals surface area contributed by atoms with Gasteiger partial charge in [-0.05, 0) is 42.8 Å². The molecule has 2 rings (SSSR count). The number of anilines is 1. The summed E-state index contributed by atoms with van der Waals surface area (Å²) in [5, 5.41) is -0.104. The van der Waals surface area contributed by atoms with Gasteiger partial charge in [0.25, 0.3) is 10.0 Å². The van der Waals surface area contributed by atoms with Gasteiger partial charge in [0.15, 0.2) is 0 Å². The standard InChI is InChI=1S/C14H10Cl2F3NO2S/c1-8-2-4-10(7-11(8)15)23(21,22)20-13-5-3-9(6-12(13)16)14(17,18)19/h2-7,20H,1H3. The second-order valence-electron chi connectivity index (χ2n) is 4.71. The van der Waals surface area contributed by atoms with Crippen LogP contribution in [0.2, 0.25) is 10.0 Å². The zero-order valence-electron chi connectivity index (χ0n) is 11.6. The molecule has 0 atom stereocenters. The molecule has 3 nitrogen and oxygen atoms in total. The summed E-state index contributed by atoms with van der Waals surface area (Å²) in [6.07, 6.45) is -4.56. The number of hydrogen-bond donors (Lipinski definition) is 1. The van der Waals surface area contributed by atoms with Gasteiger partial charge in [-0.1, -0.05) is 29.3 Å². The minimum absolute atomic E-state index is 0.121. The fourth-order valence-corrected chi connectivity index (χ4v) is 3.35. The van der Waals surface area contributed by atoms with E-state index in [1.807, 2.05) is 0 Å². The van der Waals surface area contributed by atoms with E-state index in [1.165, 1.54) is 18.2 Å². The van der Waals surface area contributed by atoms with Crippen LogP contribution in [0.25, 0.3) is 0 Å². The Morgan fingerprint density at radius 2 is 1.65 bits per heavy atom. The summed E-state index contributed by atoms with van der Waals surface area (Å²) in [5.74, 6) is 0. The fourth-order valence-electron chi connectivity index (χ4n) is 1.72. The molecule has 1 N–H and O–H groups in total. The van der Waals surface area contributed by atoms with E-state index >= 15 is 0 Å². The number of sulfonamides is 1. The van der Waals surface area contributed by atoms with E-state index in [1.54, 1.807) is 6.92 Å². The smallest absolute Gasteiger partial charge is 0.278 e. The van der Waals surface area contributed by atoms with Crippen molar-refractivity contribution in [3.63, 3.8) is 0 Å². The van der Waals surface area contributed by atoms with E-state index in [0.717, 1.165) is 12.1 Å². The molecule has 0 aromatic heterocycles. The van der Waals surface area contributed by atoms with Gasteiger partial charge in [-0.3, -0.25) is 4.72 Å². The van der Waals surface area contributed by atoms with Crippen molar-refractivity contribution in [2.45, 2.75) is 18.0 Å². The highest BCUT2D eigenvalue weighted by atomic mass is 35.5. The maximum Gasteiger partial charge on any atom is 0.416 e. The minimum atomic E-state index is -4.56. The monoisotopic (exact) mass is 383 g/mol.